The maximum Gasteiger partial charge on any atom is 0.256 e. The Bertz CT molecular complexity index is 1710. The van der Waals surface area contributed by atoms with E-state index >= 15 is 0 Å². The largest absolute Gasteiger partial charge is 0.497 e. The van der Waals surface area contributed by atoms with Gasteiger partial charge in [-0.3, -0.25) is 14.7 Å². The summed E-state index contributed by atoms with van der Waals surface area (Å²) in [5, 5.41) is 0. The van der Waals surface area contributed by atoms with E-state index in [0.29, 0.717) is 60.2 Å². The third kappa shape index (κ3) is 6.48. The SMILES string of the molecule is COc1ccc(CN2Cc3nc(-c4c(F)cccc4F)cc(Cc4ccc(N5CCN(CC(F)F)CC5)cn4)c3C2=O)c(OC)c1. The van der Waals surface area contributed by atoms with Crippen molar-refractivity contribution >= 4 is 11.6 Å². The quantitative estimate of drug-likeness (QED) is 0.211. The number of fused-ring (bicyclic) bond motifs is 1. The van der Waals surface area contributed by atoms with E-state index in [4.69, 9.17) is 9.47 Å². The standard InChI is InChI=1S/C34H33F4N5O3/c1-45-25-9-6-21(30(16-25)46-2)18-43-19-29-32(34(43)44)22(15-28(40-29)33-26(35)4-3-5-27(33)36)14-23-7-8-24(17-39-23)42-12-10-41(11-13-42)20-31(37)38/h3-9,15-17,31H,10-14,18-20H2,1-2H3. The molecular weight excluding hydrogens is 602 g/mol. The fraction of sp³-hybridized carbons (Fsp3) is 0.324. The summed E-state index contributed by atoms with van der Waals surface area (Å²) in [6.45, 7) is 2.41. The first kappa shape index (κ1) is 31.3. The summed E-state index contributed by atoms with van der Waals surface area (Å²) in [4.78, 5) is 28.5. The molecule has 0 unspecified atom stereocenters. The Morgan fingerprint density at radius 2 is 1.65 bits per heavy atom. The molecule has 0 bridgehead atoms. The number of amides is 1. The molecule has 0 radical (unpaired) electrons. The van der Waals surface area contributed by atoms with Crippen LogP contribution in [0.25, 0.3) is 11.3 Å². The Kier molecular flexibility index (Phi) is 9.07. The van der Waals surface area contributed by atoms with Gasteiger partial charge in [-0.1, -0.05) is 6.07 Å². The first-order chi connectivity index (χ1) is 22.2. The highest BCUT2D eigenvalue weighted by Gasteiger charge is 2.33. The Balaban J connectivity index is 1.29. The second-order valence-corrected chi connectivity index (χ2v) is 11.3. The zero-order valence-electron chi connectivity index (χ0n) is 25.5. The molecule has 12 heteroatoms. The number of ether oxygens (including phenoxy) is 2. The molecule has 2 aromatic heterocycles. The second kappa shape index (κ2) is 13.3. The average molecular weight is 636 g/mol. The van der Waals surface area contributed by atoms with Gasteiger partial charge in [0.05, 0.1) is 68.3 Å². The highest BCUT2D eigenvalue weighted by molar-refractivity contribution is 5.99. The van der Waals surface area contributed by atoms with Gasteiger partial charge in [-0.2, -0.15) is 0 Å². The predicted molar refractivity (Wildman–Crippen MR) is 164 cm³/mol. The highest BCUT2D eigenvalue weighted by atomic mass is 19.3. The normalized spacial score (nSPS) is 15.1. The van der Waals surface area contributed by atoms with Crippen LogP contribution >= 0.6 is 0 Å². The minimum Gasteiger partial charge on any atom is -0.497 e. The van der Waals surface area contributed by atoms with Crippen LogP contribution in [0.2, 0.25) is 0 Å². The zero-order valence-corrected chi connectivity index (χ0v) is 25.5. The van der Waals surface area contributed by atoms with E-state index in [1.165, 1.54) is 18.2 Å². The third-order valence-electron chi connectivity index (χ3n) is 8.41. The fourth-order valence-electron chi connectivity index (χ4n) is 6.06. The van der Waals surface area contributed by atoms with Gasteiger partial charge in [-0.05, 0) is 48.0 Å². The van der Waals surface area contributed by atoms with E-state index in [0.717, 1.165) is 11.3 Å². The molecule has 6 rings (SSSR count). The van der Waals surface area contributed by atoms with Crippen molar-refractivity contribution in [2.24, 2.45) is 0 Å². The van der Waals surface area contributed by atoms with Crippen molar-refractivity contribution in [3.05, 3.63) is 101 Å². The molecule has 240 valence electrons. The summed E-state index contributed by atoms with van der Waals surface area (Å²) in [5.74, 6) is -0.582. The first-order valence-electron chi connectivity index (χ1n) is 14.9. The molecule has 1 saturated heterocycles. The van der Waals surface area contributed by atoms with Crippen LogP contribution in [-0.4, -0.2) is 79.0 Å². The van der Waals surface area contributed by atoms with Crippen LogP contribution in [0.5, 0.6) is 11.5 Å². The van der Waals surface area contributed by atoms with Crippen molar-refractivity contribution in [2.75, 3.05) is 51.8 Å². The Morgan fingerprint density at radius 3 is 2.30 bits per heavy atom. The summed E-state index contributed by atoms with van der Waals surface area (Å²) in [5.41, 5.74) is 3.47. The van der Waals surface area contributed by atoms with Gasteiger partial charge in [0.2, 0.25) is 0 Å². The van der Waals surface area contributed by atoms with Crippen LogP contribution in [0.15, 0.2) is 60.8 Å². The maximum absolute atomic E-state index is 14.9. The van der Waals surface area contributed by atoms with E-state index < -0.39 is 18.1 Å². The number of piperazine rings is 1. The summed E-state index contributed by atoms with van der Waals surface area (Å²) in [6, 6.07) is 14.3. The zero-order chi connectivity index (χ0) is 32.4. The van der Waals surface area contributed by atoms with Gasteiger partial charge in [-0.15, -0.1) is 0 Å². The molecule has 4 heterocycles. The molecule has 0 N–H and O–H groups in total. The number of pyridine rings is 2. The van der Waals surface area contributed by atoms with E-state index in [-0.39, 0.29) is 43.2 Å². The number of hydrogen-bond donors (Lipinski definition) is 0. The number of carbonyl (C=O) groups excluding carboxylic acids is 1. The molecule has 1 fully saturated rings. The van der Waals surface area contributed by atoms with Crippen LogP contribution in [0.3, 0.4) is 0 Å². The number of alkyl halides is 2. The van der Waals surface area contributed by atoms with Gasteiger partial charge in [0.25, 0.3) is 12.3 Å². The van der Waals surface area contributed by atoms with Gasteiger partial charge >= 0.3 is 0 Å². The second-order valence-electron chi connectivity index (χ2n) is 11.3. The van der Waals surface area contributed by atoms with Crippen molar-refractivity contribution in [3.8, 4) is 22.8 Å². The Morgan fingerprint density at radius 1 is 0.891 bits per heavy atom. The van der Waals surface area contributed by atoms with Crippen molar-refractivity contribution in [2.45, 2.75) is 25.9 Å². The van der Waals surface area contributed by atoms with E-state index in [1.807, 2.05) is 18.2 Å². The number of anilines is 1. The molecule has 2 aromatic carbocycles. The van der Waals surface area contributed by atoms with E-state index in [9.17, 15) is 22.4 Å². The van der Waals surface area contributed by atoms with E-state index in [2.05, 4.69) is 14.9 Å². The number of aromatic nitrogens is 2. The van der Waals surface area contributed by atoms with Gasteiger partial charge in [-0.25, -0.2) is 22.5 Å². The van der Waals surface area contributed by atoms with Gasteiger partial charge in [0.1, 0.15) is 23.1 Å². The first-order valence-corrected chi connectivity index (χ1v) is 14.9. The molecule has 0 saturated carbocycles. The lowest BCUT2D eigenvalue weighted by molar-refractivity contribution is 0.0764. The molecule has 0 spiro atoms. The van der Waals surface area contributed by atoms with Crippen molar-refractivity contribution in [1.82, 2.24) is 19.8 Å². The summed E-state index contributed by atoms with van der Waals surface area (Å²) >= 11 is 0. The molecule has 2 aliphatic heterocycles. The number of methoxy groups -OCH3 is 2. The number of nitrogens with zero attached hydrogens (tertiary/aromatic N) is 5. The fourth-order valence-corrected chi connectivity index (χ4v) is 6.06. The number of hydrogen-bond acceptors (Lipinski definition) is 7. The molecule has 2 aliphatic rings. The smallest absolute Gasteiger partial charge is 0.256 e. The van der Waals surface area contributed by atoms with Gasteiger partial charge < -0.3 is 19.3 Å². The summed E-state index contributed by atoms with van der Waals surface area (Å²) in [7, 11) is 3.10. The molecule has 8 nitrogen and oxygen atoms in total. The third-order valence-corrected chi connectivity index (χ3v) is 8.41. The Labute approximate surface area is 264 Å². The number of halogens is 4. The predicted octanol–water partition coefficient (Wildman–Crippen LogP) is 5.57. The van der Waals surface area contributed by atoms with Gasteiger partial charge in [0.15, 0.2) is 0 Å². The minimum absolute atomic E-state index is 0.0966. The molecule has 0 atom stereocenters. The topological polar surface area (TPSA) is 71.0 Å². The molecular formula is C34H33F4N5O3. The van der Waals surface area contributed by atoms with Crippen LogP contribution in [0, 0.1) is 11.6 Å². The van der Waals surface area contributed by atoms with Gasteiger partial charge in [0, 0.05) is 49.9 Å². The molecule has 0 aliphatic carbocycles. The summed E-state index contributed by atoms with van der Waals surface area (Å²) in [6.07, 6.45) is -0.412. The number of rotatable bonds is 10. The monoisotopic (exact) mass is 635 g/mol. The Hall–Kier alpha value is -4.71. The summed E-state index contributed by atoms with van der Waals surface area (Å²) < 4.78 is 66.2. The average Bonchev–Trinajstić information content (AvgIpc) is 3.36. The minimum atomic E-state index is -2.36. The van der Waals surface area contributed by atoms with E-state index in [1.54, 1.807) is 48.4 Å². The lowest BCUT2D eigenvalue weighted by Gasteiger charge is -2.35. The van der Waals surface area contributed by atoms with Crippen molar-refractivity contribution in [3.63, 3.8) is 0 Å². The van der Waals surface area contributed by atoms with Crippen LogP contribution in [0.1, 0.15) is 32.9 Å². The highest BCUT2D eigenvalue weighted by Crippen LogP contribution is 2.35. The number of carbonyl (C=O) groups is 1. The number of benzene rings is 2. The van der Waals surface area contributed by atoms with Crippen LogP contribution in [0.4, 0.5) is 23.2 Å². The molecule has 4 aromatic rings. The molecule has 46 heavy (non-hydrogen) atoms. The van der Waals surface area contributed by atoms with Crippen molar-refractivity contribution in [1.29, 1.82) is 0 Å². The molecule has 1 amide bonds. The lowest BCUT2D eigenvalue weighted by atomic mass is 9.98. The van der Waals surface area contributed by atoms with Crippen LogP contribution < -0.4 is 14.4 Å². The lowest BCUT2D eigenvalue weighted by Crippen LogP contribution is -2.47. The van der Waals surface area contributed by atoms with Crippen molar-refractivity contribution < 1.29 is 31.8 Å². The van der Waals surface area contributed by atoms with Crippen LogP contribution in [-0.2, 0) is 19.5 Å². The maximum atomic E-state index is 14.9.